The molecule has 4 nitrogen and oxygen atoms in total. The molecule has 104 valence electrons. The van der Waals surface area contributed by atoms with Gasteiger partial charge in [0.25, 0.3) is 5.91 Å². The number of nitrogen functional groups attached to an aromatic ring is 1. The van der Waals surface area contributed by atoms with Gasteiger partial charge in [-0.05, 0) is 49.2 Å². The second-order valence-corrected chi connectivity index (χ2v) is 5.12. The summed E-state index contributed by atoms with van der Waals surface area (Å²) < 4.78 is 0. The van der Waals surface area contributed by atoms with Crippen molar-refractivity contribution in [1.29, 1.82) is 0 Å². The molecule has 5 N–H and O–H groups in total. The van der Waals surface area contributed by atoms with Crippen LogP contribution in [0.4, 0.5) is 17.1 Å². The Morgan fingerprint density at radius 2 is 1.85 bits per heavy atom. The van der Waals surface area contributed by atoms with Crippen LogP contribution in [0.3, 0.4) is 0 Å². The number of hydrogen-bond donors (Lipinski definition) is 3. The molecular weight excluding hydrogens is 274 g/mol. The van der Waals surface area contributed by atoms with Crippen molar-refractivity contribution in [1.82, 2.24) is 0 Å². The molecule has 0 atom stereocenters. The largest absolute Gasteiger partial charge is 0.399 e. The van der Waals surface area contributed by atoms with Gasteiger partial charge in [0.2, 0.25) is 0 Å². The van der Waals surface area contributed by atoms with Crippen molar-refractivity contribution in [3.05, 3.63) is 52.0 Å². The van der Waals surface area contributed by atoms with Crippen LogP contribution in [0, 0.1) is 13.8 Å². The summed E-state index contributed by atoms with van der Waals surface area (Å²) >= 11 is 6.15. The van der Waals surface area contributed by atoms with Crippen LogP contribution >= 0.6 is 11.6 Å². The van der Waals surface area contributed by atoms with E-state index in [2.05, 4.69) is 5.32 Å². The number of halogens is 1. The first-order valence-electron chi connectivity index (χ1n) is 6.11. The van der Waals surface area contributed by atoms with Crippen molar-refractivity contribution >= 4 is 34.6 Å². The fourth-order valence-corrected chi connectivity index (χ4v) is 2.19. The molecule has 0 aliphatic rings. The van der Waals surface area contributed by atoms with E-state index in [9.17, 15) is 4.79 Å². The van der Waals surface area contributed by atoms with Crippen molar-refractivity contribution in [3.63, 3.8) is 0 Å². The zero-order chi connectivity index (χ0) is 14.9. The number of carbonyl (C=O) groups excluding carboxylic acids is 1. The van der Waals surface area contributed by atoms with E-state index >= 15 is 0 Å². The van der Waals surface area contributed by atoms with E-state index in [0.717, 1.165) is 11.3 Å². The van der Waals surface area contributed by atoms with E-state index in [4.69, 9.17) is 23.1 Å². The van der Waals surface area contributed by atoms with Gasteiger partial charge < -0.3 is 16.8 Å². The van der Waals surface area contributed by atoms with Gasteiger partial charge in [-0.3, -0.25) is 4.79 Å². The minimum Gasteiger partial charge on any atom is -0.399 e. The standard InChI is InChI=1S/C15H16ClN3O/c1-8-3-4-11(5-9(8)2)19-14-12(15(18)20)6-10(17)7-13(14)16/h3-7,19H,17H2,1-2H3,(H2,18,20). The molecule has 0 heterocycles. The summed E-state index contributed by atoms with van der Waals surface area (Å²) in [6, 6.07) is 8.98. The molecule has 0 aromatic heterocycles. The van der Waals surface area contributed by atoms with Gasteiger partial charge in [-0.1, -0.05) is 17.7 Å². The van der Waals surface area contributed by atoms with Crippen LogP contribution in [0.2, 0.25) is 5.02 Å². The van der Waals surface area contributed by atoms with Gasteiger partial charge in [0.1, 0.15) is 0 Å². The van der Waals surface area contributed by atoms with Crippen molar-refractivity contribution in [2.45, 2.75) is 13.8 Å². The van der Waals surface area contributed by atoms with Crippen molar-refractivity contribution in [2.75, 3.05) is 11.1 Å². The zero-order valence-electron chi connectivity index (χ0n) is 11.3. The fraction of sp³-hybridized carbons (Fsp3) is 0.133. The molecule has 0 bridgehead atoms. The van der Waals surface area contributed by atoms with Gasteiger partial charge in [-0.2, -0.15) is 0 Å². The Hall–Kier alpha value is -2.20. The highest BCUT2D eigenvalue weighted by Crippen LogP contribution is 2.32. The van der Waals surface area contributed by atoms with Crippen LogP contribution in [0.15, 0.2) is 30.3 Å². The van der Waals surface area contributed by atoms with Crippen LogP contribution in [-0.4, -0.2) is 5.91 Å². The maximum atomic E-state index is 11.5. The van der Waals surface area contributed by atoms with Gasteiger partial charge in [0.15, 0.2) is 0 Å². The summed E-state index contributed by atoms with van der Waals surface area (Å²) in [4.78, 5) is 11.5. The lowest BCUT2D eigenvalue weighted by atomic mass is 10.1. The van der Waals surface area contributed by atoms with E-state index in [0.29, 0.717) is 16.4 Å². The molecule has 2 rings (SSSR count). The highest BCUT2D eigenvalue weighted by molar-refractivity contribution is 6.34. The molecule has 0 radical (unpaired) electrons. The SMILES string of the molecule is Cc1ccc(Nc2c(Cl)cc(N)cc2C(N)=O)cc1C. The van der Waals surface area contributed by atoms with Crippen molar-refractivity contribution in [3.8, 4) is 0 Å². The molecule has 2 aromatic rings. The summed E-state index contributed by atoms with van der Waals surface area (Å²) in [6.45, 7) is 4.05. The molecule has 0 unspecified atom stereocenters. The average molecular weight is 290 g/mol. The summed E-state index contributed by atoms with van der Waals surface area (Å²) in [6.07, 6.45) is 0. The number of anilines is 3. The molecule has 0 fully saturated rings. The molecule has 20 heavy (non-hydrogen) atoms. The monoisotopic (exact) mass is 289 g/mol. The first-order valence-corrected chi connectivity index (χ1v) is 6.49. The van der Waals surface area contributed by atoms with E-state index in [1.807, 2.05) is 32.0 Å². The molecule has 0 saturated carbocycles. The average Bonchev–Trinajstić information content (AvgIpc) is 2.36. The predicted molar refractivity (Wildman–Crippen MR) is 83.6 cm³/mol. The number of rotatable bonds is 3. The quantitative estimate of drug-likeness (QED) is 0.758. The Morgan fingerprint density at radius 3 is 2.45 bits per heavy atom. The third-order valence-electron chi connectivity index (χ3n) is 3.15. The smallest absolute Gasteiger partial charge is 0.250 e. The normalized spacial score (nSPS) is 10.3. The molecule has 0 aliphatic heterocycles. The molecule has 5 heteroatoms. The second-order valence-electron chi connectivity index (χ2n) is 4.71. The van der Waals surface area contributed by atoms with Crippen LogP contribution in [0.5, 0.6) is 0 Å². The third kappa shape index (κ3) is 2.86. The minimum absolute atomic E-state index is 0.272. The van der Waals surface area contributed by atoms with Crippen LogP contribution < -0.4 is 16.8 Å². The maximum Gasteiger partial charge on any atom is 0.250 e. The summed E-state index contributed by atoms with van der Waals surface area (Å²) in [5.41, 5.74) is 15.4. The van der Waals surface area contributed by atoms with Gasteiger partial charge in [-0.15, -0.1) is 0 Å². The van der Waals surface area contributed by atoms with Gasteiger partial charge >= 0.3 is 0 Å². The van der Waals surface area contributed by atoms with Gasteiger partial charge in [0.05, 0.1) is 16.3 Å². The number of carbonyl (C=O) groups is 1. The summed E-state index contributed by atoms with van der Waals surface area (Å²) in [5, 5.41) is 3.49. The molecular formula is C15H16ClN3O. The molecule has 2 aromatic carbocycles. The number of nitrogens with one attached hydrogen (secondary N) is 1. The van der Waals surface area contributed by atoms with Crippen molar-refractivity contribution < 1.29 is 4.79 Å². The number of nitrogens with two attached hydrogens (primary N) is 2. The topological polar surface area (TPSA) is 81.1 Å². The zero-order valence-corrected chi connectivity index (χ0v) is 12.1. The molecule has 1 amide bonds. The Labute approximate surface area is 122 Å². The lowest BCUT2D eigenvalue weighted by Crippen LogP contribution is -2.14. The Kier molecular flexibility index (Phi) is 3.86. The van der Waals surface area contributed by atoms with Crippen LogP contribution in [0.1, 0.15) is 21.5 Å². The third-order valence-corrected chi connectivity index (χ3v) is 3.45. The first kappa shape index (κ1) is 14.2. The second kappa shape index (κ2) is 5.43. The van der Waals surface area contributed by atoms with Crippen molar-refractivity contribution in [2.24, 2.45) is 5.73 Å². The van der Waals surface area contributed by atoms with Crippen LogP contribution in [-0.2, 0) is 0 Å². The molecule has 0 aliphatic carbocycles. The number of amides is 1. The van der Waals surface area contributed by atoms with E-state index in [-0.39, 0.29) is 5.56 Å². The summed E-state index contributed by atoms with van der Waals surface area (Å²) in [7, 11) is 0. The lowest BCUT2D eigenvalue weighted by Gasteiger charge is -2.14. The predicted octanol–water partition coefficient (Wildman–Crippen LogP) is 3.38. The number of primary amides is 1. The van der Waals surface area contributed by atoms with E-state index in [1.165, 1.54) is 11.6 Å². The lowest BCUT2D eigenvalue weighted by molar-refractivity contribution is 0.100. The number of aryl methyl sites for hydroxylation is 2. The Balaban J connectivity index is 2.47. The number of benzene rings is 2. The summed E-state index contributed by atoms with van der Waals surface area (Å²) in [5.74, 6) is -0.578. The van der Waals surface area contributed by atoms with E-state index < -0.39 is 5.91 Å². The van der Waals surface area contributed by atoms with E-state index in [1.54, 1.807) is 6.07 Å². The number of hydrogen-bond acceptors (Lipinski definition) is 3. The minimum atomic E-state index is -0.578. The van der Waals surface area contributed by atoms with Gasteiger partial charge in [0, 0.05) is 11.4 Å². The maximum absolute atomic E-state index is 11.5. The Bertz CT molecular complexity index is 683. The fourth-order valence-electron chi connectivity index (χ4n) is 1.91. The highest BCUT2D eigenvalue weighted by atomic mass is 35.5. The highest BCUT2D eigenvalue weighted by Gasteiger charge is 2.13. The Morgan fingerprint density at radius 1 is 1.15 bits per heavy atom. The van der Waals surface area contributed by atoms with Gasteiger partial charge in [-0.25, -0.2) is 0 Å². The first-order chi connectivity index (χ1) is 9.38. The molecule has 0 spiro atoms. The molecule has 0 saturated heterocycles. The van der Waals surface area contributed by atoms with Crippen LogP contribution in [0.25, 0.3) is 0 Å².